The standard InChI is InChI=1S/C13H15ClN4/c14-11-4-2-1-3-9(11)7-12-16-17-13-8-10(15)5-6-18(12)13/h1-4,10H,5-8,15H2. The molecule has 0 fully saturated rings. The molecule has 2 heterocycles. The second-order valence-corrected chi connectivity index (χ2v) is 5.11. The highest BCUT2D eigenvalue weighted by Crippen LogP contribution is 2.20. The van der Waals surface area contributed by atoms with Crippen LogP contribution in [0.15, 0.2) is 24.3 Å². The Kier molecular flexibility index (Phi) is 3.06. The fourth-order valence-electron chi connectivity index (χ4n) is 2.36. The van der Waals surface area contributed by atoms with Crippen LogP contribution in [0.4, 0.5) is 0 Å². The minimum absolute atomic E-state index is 0.217. The van der Waals surface area contributed by atoms with Crippen LogP contribution in [0.1, 0.15) is 23.6 Å². The molecule has 0 saturated carbocycles. The van der Waals surface area contributed by atoms with Crippen LogP contribution in [0, 0.1) is 0 Å². The van der Waals surface area contributed by atoms with Crippen molar-refractivity contribution in [3.63, 3.8) is 0 Å². The Morgan fingerprint density at radius 3 is 3.00 bits per heavy atom. The molecule has 1 aliphatic rings. The zero-order chi connectivity index (χ0) is 12.5. The number of fused-ring (bicyclic) bond motifs is 1. The molecule has 1 aliphatic heterocycles. The zero-order valence-corrected chi connectivity index (χ0v) is 10.8. The summed E-state index contributed by atoms with van der Waals surface area (Å²) in [5, 5.41) is 9.27. The molecule has 94 valence electrons. The summed E-state index contributed by atoms with van der Waals surface area (Å²) in [5.41, 5.74) is 7.02. The monoisotopic (exact) mass is 262 g/mol. The van der Waals surface area contributed by atoms with Crippen molar-refractivity contribution in [2.45, 2.75) is 31.8 Å². The summed E-state index contributed by atoms with van der Waals surface area (Å²) >= 11 is 6.17. The van der Waals surface area contributed by atoms with E-state index in [1.54, 1.807) is 0 Å². The third kappa shape index (κ3) is 2.13. The van der Waals surface area contributed by atoms with Gasteiger partial charge in [0.2, 0.25) is 0 Å². The molecule has 2 aromatic rings. The molecule has 0 bridgehead atoms. The summed E-state index contributed by atoms with van der Waals surface area (Å²) in [4.78, 5) is 0. The van der Waals surface area contributed by atoms with Crippen LogP contribution in [0.5, 0.6) is 0 Å². The smallest absolute Gasteiger partial charge is 0.137 e. The molecule has 1 aromatic heterocycles. The summed E-state index contributed by atoms with van der Waals surface area (Å²) in [6.45, 7) is 0.906. The van der Waals surface area contributed by atoms with Crippen LogP contribution < -0.4 is 5.73 Å². The van der Waals surface area contributed by atoms with Gasteiger partial charge >= 0.3 is 0 Å². The van der Waals surface area contributed by atoms with E-state index in [-0.39, 0.29) is 6.04 Å². The topological polar surface area (TPSA) is 56.7 Å². The van der Waals surface area contributed by atoms with E-state index in [1.807, 2.05) is 24.3 Å². The predicted octanol–water partition coefficient (Wildman–Crippen LogP) is 1.80. The van der Waals surface area contributed by atoms with Gasteiger partial charge in [-0.25, -0.2) is 0 Å². The number of halogens is 1. The van der Waals surface area contributed by atoms with E-state index in [4.69, 9.17) is 17.3 Å². The second-order valence-electron chi connectivity index (χ2n) is 4.71. The molecule has 1 aromatic carbocycles. The quantitative estimate of drug-likeness (QED) is 0.898. The SMILES string of the molecule is NC1CCn2c(Cc3ccccc3Cl)nnc2C1. The van der Waals surface area contributed by atoms with Crippen molar-refractivity contribution in [2.24, 2.45) is 5.73 Å². The van der Waals surface area contributed by atoms with Gasteiger partial charge in [-0.2, -0.15) is 0 Å². The van der Waals surface area contributed by atoms with Gasteiger partial charge in [-0.3, -0.25) is 0 Å². The van der Waals surface area contributed by atoms with Crippen LogP contribution in [0.3, 0.4) is 0 Å². The van der Waals surface area contributed by atoms with Crippen LogP contribution in [0.25, 0.3) is 0 Å². The average Bonchev–Trinajstić information content (AvgIpc) is 2.74. The Hall–Kier alpha value is -1.39. The van der Waals surface area contributed by atoms with Gasteiger partial charge < -0.3 is 10.3 Å². The summed E-state index contributed by atoms with van der Waals surface area (Å²) < 4.78 is 2.17. The average molecular weight is 263 g/mol. The molecule has 0 amide bonds. The van der Waals surface area contributed by atoms with Gasteiger partial charge in [-0.05, 0) is 18.1 Å². The molecule has 4 nitrogen and oxygen atoms in total. The molecule has 5 heteroatoms. The van der Waals surface area contributed by atoms with Gasteiger partial charge in [-0.15, -0.1) is 10.2 Å². The fourth-order valence-corrected chi connectivity index (χ4v) is 2.56. The first kappa shape index (κ1) is 11.7. The number of hydrogen-bond acceptors (Lipinski definition) is 3. The number of nitrogens with zero attached hydrogens (tertiary/aromatic N) is 3. The van der Waals surface area contributed by atoms with Crippen molar-refractivity contribution < 1.29 is 0 Å². The third-order valence-corrected chi connectivity index (χ3v) is 3.75. The summed E-state index contributed by atoms with van der Waals surface area (Å²) in [7, 11) is 0. The maximum absolute atomic E-state index is 6.17. The highest BCUT2D eigenvalue weighted by molar-refractivity contribution is 6.31. The van der Waals surface area contributed by atoms with Crippen molar-refractivity contribution in [3.05, 3.63) is 46.5 Å². The van der Waals surface area contributed by atoms with E-state index in [0.717, 1.165) is 48.0 Å². The molecule has 18 heavy (non-hydrogen) atoms. The zero-order valence-electron chi connectivity index (χ0n) is 10.0. The van der Waals surface area contributed by atoms with Gasteiger partial charge in [0, 0.05) is 30.5 Å². The van der Waals surface area contributed by atoms with Crippen molar-refractivity contribution in [2.75, 3.05) is 0 Å². The van der Waals surface area contributed by atoms with Gasteiger partial charge in [0.25, 0.3) is 0 Å². The molecule has 0 saturated heterocycles. The fraction of sp³-hybridized carbons (Fsp3) is 0.385. The Balaban J connectivity index is 1.88. The Labute approximate surface area is 111 Å². The van der Waals surface area contributed by atoms with Crippen molar-refractivity contribution in [1.82, 2.24) is 14.8 Å². The van der Waals surface area contributed by atoms with Crippen LogP contribution >= 0.6 is 11.6 Å². The van der Waals surface area contributed by atoms with Crippen LogP contribution in [0.2, 0.25) is 5.02 Å². The van der Waals surface area contributed by atoms with E-state index in [1.165, 1.54) is 0 Å². The molecule has 0 radical (unpaired) electrons. The molecule has 0 aliphatic carbocycles. The second kappa shape index (κ2) is 4.71. The minimum atomic E-state index is 0.217. The summed E-state index contributed by atoms with van der Waals surface area (Å²) in [5.74, 6) is 1.97. The number of aromatic nitrogens is 3. The van der Waals surface area contributed by atoms with Crippen molar-refractivity contribution in [3.8, 4) is 0 Å². The van der Waals surface area contributed by atoms with Crippen LogP contribution in [-0.4, -0.2) is 20.8 Å². The van der Waals surface area contributed by atoms with E-state index < -0.39 is 0 Å². The maximum Gasteiger partial charge on any atom is 0.137 e. The van der Waals surface area contributed by atoms with Crippen molar-refractivity contribution >= 4 is 11.6 Å². The first-order valence-electron chi connectivity index (χ1n) is 6.14. The normalized spacial score (nSPS) is 18.7. The first-order chi connectivity index (χ1) is 8.74. The first-order valence-corrected chi connectivity index (χ1v) is 6.52. The van der Waals surface area contributed by atoms with Gasteiger partial charge in [0.1, 0.15) is 11.6 Å². The molecule has 0 spiro atoms. The highest BCUT2D eigenvalue weighted by atomic mass is 35.5. The molecule has 1 atom stereocenters. The van der Waals surface area contributed by atoms with E-state index >= 15 is 0 Å². The third-order valence-electron chi connectivity index (χ3n) is 3.38. The van der Waals surface area contributed by atoms with Crippen molar-refractivity contribution in [1.29, 1.82) is 0 Å². The van der Waals surface area contributed by atoms with Gasteiger partial charge in [-0.1, -0.05) is 29.8 Å². The molecular weight excluding hydrogens is 248 g/mol. The largest absolute Gasteiger partial charge is 0.327 e. The minimum Gasteiger partial charge on any atom is -0.327 e. The number of benzene rings is 1. The molecule has 2 N–H and O–H groups in total. The number of hydrogen-bond donors (Lipinski definition) is 1. The van der Waals surface area contributed by atoms with Crippen LogP contribution in [-0.2, 0) is 19.4 Å². The molecule has 3 rings (SSSR count). The van der Waals surface area contributed by atoms with E-state index in [2.05, 4.69) is 14.8 Å². The summed E-state index contributed by atoms with van der Waals surface area (Å²) in [6, 6.07) is 8.07. The van der Waals surface area contributed by atoms with E-state index in [9.17, 15) is 0 Å². The lowest BCUT2D eigenvalue weighted by molar-refractivity contribution is 0.455. The van der Waals surface area contributed by atoms with E-state index in [0.29, 0.717) is 0 Å². The summed E-state index contributed by atoms with van der Waals surface area (Å²) in [6.07, 6.45) is 2.53. The lowest BCUT2D eigenvalue weighted by Gasteiger charge is -2.20. The predicted molar refractivity (Wildman–Crippen MR) is 70.6 cm³/mol. The van der Waals surface area contributed by atoms with Gasteiger partial charge in [0.05, 0.1) is 0 Å². The van der Waals surface area contributed by atoms with Gasteiger partial charge in [0.15, 0.2) is 0 Å². The Morgan fingerprint density at radius 1 is 1.33 bits per heavy atom. The molecule has 1 unspecified atom stereocenters. The maximum atomic E-state index is 6.17. The Bertz CT molecular complexity index is 564. The number of nitrogens with two attached hydrogens (primary N) is 1. The molecular formula is C13H15ClN4. The lowest BCUT2D eigenvalue weighted by Crippen LogP contribution is -2.31. The number of rotatable bonds is 2. The lowest BCUT2D eigenvalue weighted by atomic mass is 10.1. The highest BCUT2D eigenvalue weighted by Gasteiger charge is 2.20. The Morgan fingerprint density at radius 2 is 2.17 bits per heavy atom.